The molecule has 0 aliphatic carbocycles. The van der Waals surface area contributed by atoms with Crippen molar-refractivity contribution in [3.05, 3.63) is 120 Å². The molecule has 0 unspecified atom stereocenters. The number of esters is 1. The van der Waals surface area contributed by atoms with E-state index in [4.69, 9.17) is 16.7 Å². The van der Waals surface area contributed by atoms with Crippen molar-refractivity contribution in [2.75, 3.05) is 32.8 Å². The Morgan fingerprint density at radius 2 is 0.946 bits per heavy atom. The third-order valence-electron chi connectivity index (χ3n) is 7.08. The van der Waals surface area contributed by atoms with Crippen LogP contribution in [0.15, 0.2) is 109 Å². The molecule has 4 aromatic rings. The zero-order valence-corrected chi connectivity index (χ0v) is 37.6. The normalized spacial score (nSPS) is 11.1. The minimum absolute atomic E-state index is 0. The molecule has 56 heavy (non-hydrogen) atoms. The summed E-state index contributed by atoms with van der Waals surface area (Å²) in [7, 11) is -11.6. The summed E-state index contributed by atoms with van der Waals surface area (Å²) in [6.45, 7) is 6.33. The van der Waals surface area contributed by atoms with E-state index in [1.54, 1.807) is 24.3 Å². The van der Waals surface area contributed by atoms with E-state index in [0.29, 0.717) is 5.56 Å². The number of hydrogen-bond acceptors (Lipinski definition) is 11. The van der Waals surface area contributed by atoms with E-state index in [1.807, 2.05) is 72.8 Å². The van der Waals surface area contributed by atoms with Crippen LogP contribution in [0.3, 0.4) is 0 Å². The van der Waals surface area contributed by atoms with Gasteiger partial charge in [-0.05, 0) is 77.8 Å². The first kappa shape index (κ1) is 55.9. The number of ether oxygens (including phenoxy) is 1. The molecule has 0 fully saturated rings. The maximum atomic E-state index is 12.9. The minimum atomic E-state index is -5.88. The van der Waals surface area contributed by atoms with Crippen LogP contribution in [0.25, 0.3) is 22.3 Å². The fourth-order valence-corrected chi connectivity index (χ4v) is 4.40. The molecule has 0 radical (unpaired) electrons. The number of alkyl halides is 4. The first-order valence-electron chi connectivity index (χ1n) is 15.8. The third kappa shape index (κ3) is 19.5. The Bertz CT molecular complexity index is 1960. The molecular formula is C36H38ClF4NNa2O10S2. The smallest absolute Gasteiger partial charge is 0.743 e. The van der Waals surface area contributed by atoms with Gasteiger partial charge in [0.1, 0.15) is 6.61 Å². The van der Waals surface area contributed by atoms with E-state index in [9.17, 15) is 53.1 Å². The van der Waals surface area contributed by atoms with Crippen LogP contribution in [0.4, 0.5) is 17.6 Å². The SMILES string of the molecule is CCN(CC)CC.O=C(Cl)c1ccc(-c2ccccc2)cc1.O=C(OCC(F)(F)S(=O)(=O)[O-])c1ccc(-c2ccccc2)cc1.O=S(=O)([O-])C(F)(F)CO.[Na+].[Na+]. The summed E-state index contributed by atoms with van der Waals surface area (Å²) in [5.74, 6) is -1.15. The Morgan fingerprint density at radius 1 is 0.625 bits per heavy atom. The number of aliphatic hydroxyl groups excluding tert-OH is 1. The molecule has 0 bridgehead atoms. The van der Waals surface area contributed by atoms with Crippen molar-refractivity contribution in [3.63, 3.8) is 0 Å². The van der Waals surface area contributed by atoms with Crippen molar-refractivity contribution in [1.82, 2.24) is 4.90 Å². The van der Waals surface area contributed by atoms with Crippen molar-refractivity contribution in [1.29, 1.82) is 0 Å². The van der Waals surface area contributed by atoms with Crippen molar-refractivity contribution in [3.8, 4) is 22.3 Å². The summed E-state index contributed by atoms with van der Waals surface area (Å²) in [5.41, 5.74) is 4.40. The molecule has 20 heteroatoms. The molecule has 0 saturated heterocycles. The molecule has 4 aromatic carbocycles. The van der Waals surface area contributed by atoms with Crippen LogP contribution in [0.1, 0.15) is 41.5 Å². The summed E-state index contributed by atoms with van der Waals surface area (Å²) < 4.78 is 112. The molecular weight excluding hydrogens is 828 g/mol. The quantitative estimate of drug-likeness (QED) is 0.0702. The molecule has 0 saturated carbocycles. The zero-order chi connectivity index (χ0) is 41.2. The topological polar surface area (TPSA) is 181 Å². The number of halogens is 5. The molecule has 1 N–H and O–H groups in total. The Hall–Kier alpha value is -2.23. The Balaban J connectivity index is 0. The molecule has 296 valence electrons. The van der Waals surface area contributed by atoms with Crippen LogP contribution in [0.5, 0.6) is 0 Å². The average Bonchev–Trinajstić information content (AvgIpc) is 3.15. The number of benzene rings is 4. The van der Waals surface area contributed by atoms with Gasteiger partial charge in [0.15, 0.2) is 26.8 Å². The van der Waals surface area contributed by atoms with Gasteiger partial charge in [-0.3, -0.25) is 4.79 Å². The first-order valence-corrected chi connectivity index (χ1v) is 19.0. The number of carbonyl (C=O) groups excluding carboxylic acids is 2. The number of nitrogens with zero attached hydrogens (tertiary/aromatic N) is 1. The fourth-order valence-electron chi connectivity index (χ4n) is 3.91. The Kier molecular flexibility index (Phi) is 26.6. The van der Waals surface area contributed by atoms with E-state index in [0.717, 1.165) is 22.3 Å². The number of carbonyl (C=O) groups is 2. The first-order chi connectivity index (χ1) is 25.1. The van der Waals surface area contributed by atoms with E-state index in [-0.39, 0.29) is 64.7 Å². The molecule has 0 spiro atoms. The van der Waals surface area contributed by atoms with Crippen LogP contribution in [0, 0.1) is 0 Å². The Morgan fingerprint density at radius 3 is 1.20 bits per heavy atom. The van der Waals surface area contributed by atoms with Gasteiger partial charge in [0.25, 0.3) is 5.24 Å². The van der Waals surface area contributed by atoms with Crippen LogP contribution in [0.2, 0.25) is 0 Å². The van der Waals surface area contributed by atoms with E-state index >= 15 is 0 Å². The van der Waals surface area contributed by atoms with Crippen LogP contribution >= 0.6 is 11.6 Å². The summed E-state index contributed by atoms with van der Waals surface area (Å²) in [6.07, 6.45) is 0. The molecule has 0 aromatic heterocycles. The second-order valence-corrected chi connectivity index (χ2v) is 14.1. The standard InChI is InChI=1S/C15H12F2O5S.C13H9ClO.C6H15N.C2H4F2O4S.2Na/c16-15(17,23(19,20)21)10-22-14(18)13-8-6-12(7-9-13)11-4-2-1-3-5-11;14-13(15)12-8-6-11(7-9-12)10-4-2-1-3-5-10;1-4-7(5-2)6-3;3-2(4,1-5)9(6,7)8;;/h1-9H,10H2,(H,19,20,21);1-9H;4-6H2,1-3H3;5H,1H2,(H,6,7,8);;/q;;;;2*+1/p-2. The van der Waals surface area contributed by atoms with Gasteiger partial charge >= 0.3 is 75.6 Å². The van der Waals surface area contributed by atoms with Crippen LogP contribution < -0.4 is 59.1 Å². The second-order valence-electron chi connectivity index (χ2n) is 10.7. The molecule has 0 amide bonds. The van der Waals surface area contributed by atoms with Gasteiger partial charge < -0.3 is 23.8 Å². The van der Waals surface area contributed by atoms with E-state index in [1.165, 1.54) is 31.8 Å². The monoisotopic (exact) mass is 865 g/mol. The molecule has 4 rings (SSSR count). The van der Waals surface area contributed by atoms with E-state index in [2.05, 4.69) is 30.4 Å². The van der Waals surface area contributed by atoms with Crippen LogP contribution in [-0.4, -0.2) is 90.5 Å². The van der Waals surface area contributed by atoms with Gasteiger partial charge in [-0.25, -0.2) is 21.6 Å². The van der Waals surface area contributed by atoms with Gasteiger partial charge in [0.2, 0.25) is 0 Å². The molecule has 0 aliphatic heterocycles. The zero-order valence-electron chi connectivity index (χ0n) is 31.2. The minimum Gasteiger partial charge on any atom is -0.743 e. The van der Waals surface area contributed by atoms with Crippen molar-refractivity contribution in [2.24, 2.45) is 0 Å². The maximum absolute atomic E-state index is 12.9. The predicted molar refractivity (Wildman–Crippen MR) is 194 cm³/mol. The van der Waals surface area contributed by atoms with Gasteiger partial charge in [0, 0.05) is 5.56 Å². The van der Waals surface area contributed by atoms with Gasteiger partial charge in [-0.1, -0.05) is 106 Å². The summed E-state index contributed by atoms with van der Waals surface area (Å²) >= 11 is 5.36. The van der Waals surface area contributed by atoms with Crippen LogP contribution in [-0.2, 0) is 25.0 Å². The van der Waals surface area contributed by atoms with Crippen molar-refractivity contribution < 1.29 is 122 Å². The predicted octanol–water partition coefficient (Wildman–Crippen LogP) is 0.854. The molecule has 11 nitrogen and oxygen atoms in total. The molecule has 0 heterocycles. The number of aliphatic hydroxyl groups is 1. The van der Waals surface area contributed by atoms with E-state index < -0.39 is 55.2 Å². The fraction of sp³-hybridized carbons (Fsp3) is 0.278. The van der Waals surface area contributed by atoms with Gasteiger partial charge in [-0.2, -0.15) is 17.6 Å². The van der Waals surface area contributed by atoms with Gasteiger partial charge in [0.05, 0.1) is 5.56 Å². The largest absolute Gasteiger partial charge is 1.00 e. The van der Waals surface area contributed by atoms with Gasteiger partial charge in [-0.15, -0.1) is 0 Å². The molecule has 0 aliphatic rings. The Labute approximate surface area is 373 Å². The second kappa shape index (κ2) is 26.7. The summed E-state index contributed by atoms with van der Waals surface area (Å²) in [5, 5.41) is -2.03. The maximum Gasteiger partial charge on any atom is 1.00 e. The van der Waals surface area contributed by atoms with Crippen molar-refractivity contribution in [2.45, 2.75) is 31.3 Å². The third-order valence-corrected chi connectivity index (χ3v) is 9.00. The summed E-state index contributed by atoms with van der Waals surface area (Å²) in [6, 6.07) is 32.4. The number of rotatable bonds is 12. The van der Waals surface area contributed by atoms with Crippen molar-refractivity contribution >= 4 is 43.0 Å². The average molecular weight is 866 g/mol. The summed E-state index contributed by atoms with van der Waals surface area (Å²) in [4.78, 5) is 24.8. The molecule has 0 atom stereocenters. The number of hydrogen-bond donors (Lipinski definition) is 1.